The second-order valence-electron chi connectivity index (χ2n) is 18.5. The molecule has 0 aliphatic carbocycles. The van der Waals surface area contributed by atoms with Gasteiger partial charge >= 0.3 is 17.9 Å². The summed E-state index contributed by atoms with van der Waals surface area (Å²) in [5, 5.41) is 0. The number of hydrogen-bond donors (Lipinski definition) is 0. The Morgan fingerprint density at radius 1 is 0.317 bits per heavy atom. The molecule has 0 amide bonds. The van der Waals surface area contributed by atoms with Crippen LogP contribution in [0.3, 0.4) is 0 Å². The summed E-state index contributed by atoms with van der Waals surface area (Å²) in [6.07, 6.45) is 61.3. The summed E-state index contributed by atoms with van der Waals surface area (Å²) < 4.78 is 16.8. The van der Waals surface area contributed by atoms with Crippen LogP contribution in [0.2, 0.25) is 0 Å². The van der Waals surface area contributed by atoms with E-state index in [-0.39, 0.29) is 31.1 Å². The van der Waals surface area contributed by atoms with Crippen LogP contribution in [0.15, 0.2) is 36.5 Å². The summed E-state index contributed by atoms with van der Waals surface area (Å²) >= 11 is 0. The molecule has 368 valence electrons. The number of rotatable bonds is 50. The zero-order valence-electron chi connectivity index (χ0n) is 42.1. The highest BCUT2D eigenvalue weighted by Gasteiger charge is 2.19. The van der Waals surface area contributed by atoms with Crippen LogP contribution in [0.4, 0.5) is 0 Å². The van der Waals surface area contributed by atoms with Gasteiger partial charge in [-0.05, 0) is 57.8 Å². The Kier molecular flexibility index (Phi) is 50.3. The van der Waals surface area contributed by atoms with Crippen molar-refractivity contribution in [3.63, 3.8) is 0 Å². The second kappa shape index (κ2) is 52.3. The van der Waals surface area contributed by atoms with Crippen molar-refractivity contribution < 1.29 is 28.6 Å². The first kappa shape index (κ1) is 60.6. The SMILES string of the molecule is CCCCC/C=C\C/C=C\C/C=C\CCCCCCCCC(=O)OC[C@@H](COC(=O)CCCCCCCCCCCC)OC(=O)CCCCCCCCCCCCCCCCCC. The zero-order valence-corrected chi connectivity index (χ0v) is 42.1. The molecule has 0 rings (SSSR count). The average molecular weight is 885 g/mol. The Labute approximate surface area is 391 Å². The first-order valence-electron chi connectivity index (χ1n) is 27.5. The maximum Gasteiger partial charge on any atom is 0.306 e. The molecule has 0 bridgehead atoms. The Balaban J connectivity index is 4.31. The molecule has 0 fully saturated rings. The minimum atomic E-state index is -0.772. The molecule has 0 heterocycles. The third kappa shape index (κ3) is 50.5. The van der Waals surface area contributed by atoms with Crippen LogP contribution in [0.1, 0.15) is 290 Å². The number of hydrogen-bond acceptors (Lipinski definition) is 6. The summed E-state index contributed by atoms with van der Waals surface area (Å²) in [6, 6.07) is 0. The molecule has 0 spiro atoms. The summed E-state index contributed by atoms with van der Waals surface area (Å²) in [6.45, 7) is 6.62. The van der Waals surface area contributed by atoms with Crippen molar-refractivity contribution in [3.05, 3.63) is 36.5 Å². The third-order valence-corrected chi connectivity index (χ3v) is 12.1. The molecule has 0 aromatic rings. The highest BCUT2D eigenvalue weighted by atomic mass is 16.6. The largest absolute Gasteiger partial charge is 0.462 e. The molecule has 63 heavy (non-hydrogen) atoms. The van der Waals surface area contributed by atoms with Crippen molar-refractivity contribution in [2.75, 3.05) is 13.2 Å². The Bertz CT molecular complexity index is 1060. The topological polar surface area (TPSA) is 78.9 Å². The quantitative estimate of drug-likeness (QED) is 0.0262. The van der Waals surface area contributed by atoms with Gasteiger partial charge in [0.2, 0.25) is 0 Å². The summed E-state index contributed by atoms with van der Waals surface area (Å²) in [5.41, 5.74) is 0. The van der Waals surface area contributed by atoms with Crippen LogP contribution >= 0.6 is 0 Å². The van der Waals surface area contributed by atoms with Gasteiger partial charge in [0, 0.05) is 19.3 Å². The predicted molar refractivity (Wildman–Crippen MR) is 270 cm³/mol. The maximum absolute atomic E-state index is 12.8. The molecular formula is C57H104O6. The fourth-order valence-corrected chi connectivity index (χ4v) is 7.98. The van der Waals surface area contributed by atoms with E-state index in [0.717, 1.165) is 77.0 Å². The summed E-state index contributed by atoms with van der Waals surface area (Å²) in [5.74, 6) is -0.872. The highest BCUT2D eigenvalue weighted by Crippen LogP contribution is 2.16. The van der Waals surface area contributed by atoms with Crippen LogP contribution in [0.5, 0.6) is 0 Å². The van der Waals surface area contributed by atoms with Crippen LogP contribution < -0.4 is 0 Å². The summed E-state index contributed by atoms with van der Waals surface area (Å²) in [7, 11) is 0. The molecule has 0 unspecified atom stereocenters. The van der Waals surface area contributed by atoms with Gasteiger partial charge in [0.05, 0.1) is 0 Å². The van der Waals surface area contributed by atoms with E-state index in [1.807, 2.05) is 0 Å². The third-order valence-electron chi connectivity index (χ3n) is 12.1. The molecule has 0 saturated carbocycles. The van der Waals surface area contributed by atoms with Crippen LogP contribution in [0, 0.1) is 0 Å². The molecule has 0 aromatic heterocycles. The Hall–Kier alpha value is -2.37. The van der Waals surface area contributed by atoms with Gasteiger partial charge in [-0.1, -0.05) is 250 Å². The van der Waals surface area contributed by atoms with Gasteiger partial charge in [-0.2, -0.15) is 0 Å². The predicted octanol–water partition coefficient (Wildman–Crippen LogP) is 18.1. The van der Waals surface area contributed by atoms with Gasteiger partial charge in [-0.15, -0.1) is 0 Å². The van der Waals surface area contributed by atoms with Crippen molar-refractivity contribution in [1.82, 2.24) is 0 Å². The molecule has 0 N–H and O–H groups in total. The second-order valence-corrected chi connectivity index (χ2v) is 18.5. The first-order chi connectivity index (χ1) is 31.0. The molecule has 0 radical (unpaired) electrons. The van der Waals surface area contributed by atoms with Crippen LogP contribution in [-0.4, -0.2) is 37.2 Å². The highest BCUT2D eigenvalue weighted by molar-refractivity contribution is 5.71. The molecule has 6 heteroatoms. The fourth-order valence-electron chi connectivity index (χ4n) is 7.98. The molecule has 0 saturated heterocycles. The van der Waals surface area contributed by atoms with Crippen LogP contribution in [0.25, 0.3) is 0 Å². The zero-order chi connectivity index (χ0) is 45.8. The maximum atomic E-state index is 12.8. The van der Waals surface area contributed by atoms with Gasteiger partial charge in [-0.25, -0.2) is 0 Å². The molecular weight excluding hydrogens is 781 g/mol. The van der Waals surface area contributed by atoms with E-state index in [1.165, 1.54) is 173 Å². The van der Waals surface area contributed by atoms with Crippen molar-refractivity contribution in [1.29, 1.82) is 0 Å². The van der Waals surface area contributed by atoms with E-state index in [1.54, 1.807) is 0 Å². The monoisotopic (exact) mass is 885 g/mol. The lowest BCUT2D eigenvalue weighted by Crippen LogP contribution is -2.30. The number of carbonyl (C=O) groups excluding carboxylic acids is 3. The lowest BCUT2D eigenvalue weighted by molar-refractivity contribution is -0.167. The van der Waals surface area contributed by atoms with Crippen molar-refractivity contribution >= 4 is 17.9 Å². The number of unbranched alkanes of at least 4 members (excludes halogenated alkanes) is 33. The van der Waals surface area contributed by atoms with Gasteiger partial charge in [0.1, 0.15) is 13.2 Å². The number of esters is 3. The normalized spacial score (nSPS) is 12.2. The van der Waals surface area contributed by atoms with Gasteiger partial charge in [-0.3, -0.25) is 14.4 Å². The molecule has 0 aromatic carbocycles. The molecule has 0 aliphatic rings. The average Bonchev–Trinajstić information content (AvgIpc) is 3.28. The van der Waals surface area contributed by atoms with Crippen molar-refractivity contribution in [2.45, 2.75) is 297 Å². The van der Waals surface area contributed by atoms with E-state index in [2.05, 4.69) is 57.2 Å². The minimum absolute atomic E-state index is 0.0721. The Morgan fingerprint density at radius 3 is 0.921 bits per heavy atom. The van der Waals surface area contributed by atoms with Crippen LogP contribution in [-0.2, 0) is 28.6 Å². The first-order valence-corrected chi connectivity index (χ1v) is 27.5. The minimum Gasteiger partial charge on any atom is -0.462 e. The van der Waals surface area contributed by atoms with E-state index in [4.69, 9.17) is 14.2 Å². The van der Waals surface area contributed by atoms with Gasteiger partial charge < -0.3 is 14.2 Å². The van der Waals surface area contributed by atoms with E-state index >= 15 is 0 Å². The van der Waals surface area contributed by atoms with Crippen molar-refractivity contribution in [3.8, 4) is 0 Å². The lowest BCUT2D eigenvalue weighted by Gasteiger charge is -2.18. The fraction of sp³-hybridized carbons (Fsp3) is 0.842. The molecule has 1 atom stereocenters. The lowest BCUT2D eigenvalue weighted by atomic mass is 10.0. The number of allylic oxidation sites excluding steroid dienone is 6. The van der Waals surface area contributed by atoms with E-state index < -0.39 is 6.10 Å². The van der Waals surface area contributed by atoms with Crippen molar-refractivity contribution in [2.24, 2.45) is 0 Å². The number of carbonyl (C=O) groups is 3. The molecule has 6 nitrogen and oxygen atoms in total. The molecule has 0 aliphatic heterocycles. The Morgan fingerprint density at radius 2 is 0.571 bits per heavy atom. The number of ether oxygens (including phenoxy) is 3. The standard InChI is InChI=1S/C57H104O6/c1-4-7-10-13-16-19-22-24-26-28-29-30-32-33-35-38-41-44-47-50-56(59)62-53-54(52-61-55(58)49-46-43-40-37-21-18-15-12-9-6-3)63-57(60)51-48-45-42-39-36-34-31-27-25-23-20-17-14-11-8-5-2/h16,19,24,26,29-30,54H,4-15,17-18,20-23,25,27-28,31-53H2,1-3H3/b19-16-,26-24-,30-29-/t54-/m1/s1. The van der Waals surface area contributed by atoms with Gasteiger partial charge in [0.15, 0.2) is 6.10 Å². The smallest absolute Gasteiger partial charge is 0.306 e. The van der Waals surface area contributed by atoms with E-state index in [9.17, 15) is 14.4 Å². The van der Waals surface area contributed by atoms with E-state index in [0.29, 0.717) is 19.3 Å². The van der Waals surface area contributed by atoms with Gasteiger partial charge in [0.25, 0.3) is 0 Å². The summed E-state index contributed by atoms with van der Waals surface area (Å²) in [4.78, 5) is 38.0.